The normalized spacial score (nSPS) is 15.5. The van der Waals surface area contributed by atoms with E-state index in [1.807, 2.05) is 192 Å². The Hall–Kier alpha value is -7.01. The highest BCUT2D eigenvalue weighted by atomic mass is 35.5. The number of piperidine rings is 1. The Bertz CT molecular complexity index is 3990. The highest BCUT2D eigenvalue weighted by molar-refractivity contribution is 6.30. The zero-order valence-electron chi connectivity index (χ0n) is 92.4. The van der Waals surface area contributed by atoms with Gasteiger partial charge >= 0.3 is 0 Å². The van der Waals surface area contributed by atoms with E-state index in [4.69, 9.17) is 36.2 Å². The van der Waals surface area contributed by atoms with E-state index in [2.05, 4.69) is 270 Å². The fraction of sp³-hybridized carbons (Fsp3) is 0.626. The minimum atomic E-state index is -0.783. The van der Waals surface area contributed by atoms with Crippen molar-refractivity contribution in [1.82, 2.24) is 19.4 Å². The van der Waals surface area contributed by atoms with Gasteiger partial charge < -0.3 is 33.7 Å². The van der Waals surface area contributed by atoms with Gasteiger partial charge in [0.25, 0.3) is 0 Å². The van der Waals surface area contributed by atoms with E-state index in [0.717, 1.165) is 100 Å². The van der Waals surface area contributed by atoms with Crippen LogP contribution in [0.5, 0.6) is 5.75 Å². The van der Waals surface area contributed by atoms with Crippen LogP contribution in [-0.2, 0) is 22.5 Å². The van der Waals surface area contributed by atoms with Gasteiger partial charge in [-0.2, -0.15) is 5.26 Å². The maximum Gasteiger partial charge on any atom is 0.159 e. The lowest BCUT2D eigenvalue weighted by atomic mass is 9.79. The zero-order valence-corrected chi connectivity index (χ0v) is 93.1. The van der Waals surface area contributed by atoms with Crippen molar-refractivity contribution in [2.45, 2.75) is 405 Å². The van der Waals surface area contributed by atoms with E-state index in [1.54, 1.807) is 6.07 Å². The molecule has 2 saturated heterocycles. The van der Waals surface area contributed by atoms with Gasteiger partial charge in [-0.25, -0.2) is 8.78 Å². The molecule has 2 atom stereocenters. The van der Waals surface area contributed by atoms with Crippen molar-refractivity contribution in [3.8, 4) is 11.8 Å². The van der Waals surface area contributed by atoms with Crippen molar-refractivity contribution in [3.05, 3.63) is 263 Å². The van der Waals surface area contributed by atoms with Gasteiger partial charge in [0.1, 0.15) is 5.75 Å². The number of halogens is 3. The van der Waals surface area contributed by atoms with Crippen molar-refractivity contribution in [2.75, 3.05) is 32.8 Å². The molecule has 4 heterocycles. The first kappa shape index (κ1) is 128. The van der Waals surface area contributed by atoms with Crippen LogP contribution in [0.2, 0.25) is 5.02 Å². The fourth-order valence-electron chi connectivity index (χ4n) is 13.5. The van der Waals surface area contributed by atoms with Gasteiger partial charge in [-0.15, -0.1) is 0 Å². The number of nitriles is 1. The number of likely N-dealkylation sites (tertiary alicyclic amines) is 2. The van der Waals surface area contributed by atoms with Gasteiger partial charge in [0.2, 0.25) is 0 Å². The Labute approximate surface area is 835 Å². The quantitative estimate of drug-likeness (QED) is 0.0717. The number of hydrogen-bond acceptors (Lipinski definition) is 8. The van der Waals surface area contributed by atoms with Crippen molar-refractivity contribution >= 4 is 11.6 Å². The summed E-state index contributed by atoms with van der Waals surface area (Å²) in [5.74, 6) is 8.99. The number of ether oxygens (including phenoxy) is 3. The number of para-hydroxylation sites is 1. The summed E-state index contributed by atoms with van der Waals surface area (Å²) >= 11 is 5.79. The monoisotopic (exact) mass is 1880 g/mol. The van der Waals surface area contributed by atoms with Gasteiger partial charge in [0.05, 0.1) is 36.6 Å². The molecule has 0 radical (unpaired) electrons. The Morgan fingerprint density at radius 3 is 1.23 bits per heavy atom. The van der Waals surface area contributed by atoms with E-state index in [0.29, 0.717) is 59.7 Å². The summed E-state index contributed by atoms with van der Waals surface area (Å²) in [6, 6.07) is 67.4. The third-order valence-electron chi connectivity index (χ3n) is 25.5. The molecule has 4 saturated carbocycles. The number of pyridine rings is 1. The first-order chi connectivity index (χ1) is 63.4. The Balaban J connectivity index is 0.00000143. The molecule has 1 spiro atoms. The number of aromatic nitrogens is 2. The summed E-state index contributed by atoms with van der Waals surface area (Å²) in [5, 5.41) is 17.9. The predicted molar refractivity (Wildman–Crippen MR) is 585 cm³/mol. The van der Waals surface area contributed by atoms with E-state index in [1.165, 1.54) is 138 Å². The molecule has 14 rings (SSSR count). The molecule has 2 aliphatic heterocycles. The molecule has 6 aliphatic rings. The molecule has 762 valence electrons. The van der Waals surface area contributed by atoms with E-state index in [-0.39, 0.29) is 12.0 Å². The molecule has 4 aliphatic carbocycles. The third kappa shape index (κ3) is 67.1. The van der Waals surface area contributed by atoms with Gasteiger partial charge in [-0.3, -0.25) is 4.98 Å². The predicted octanol–water partition coefficient (Wildman–Crippen LogP) is 35.9. The average Bonchev–Trinajstić information content (AvgIpc) is 1.64. The van der Waals surface area contributed by atoms with Crippen LogP contribution in [-0.4, -0.2) is 93.2 Å². The Kier molecular flexibility index (Phi) is 68.5. The average molecular weight is 1890 g/mol. The third-order valence-corrected chi connectivity index (χ3v) is 25.7. The molecule has 6 fully saturated rings. The summed E-state index contributed by atoms with van der Waals surface area (Å²) in [4.78, 5) is 9.44. The second-order valence-electron chi connectivity index (χ2n) is 43.7. The molecule has 6 aromatic carbocycles. The first-order valence-corrected chi connectivity index (χ1v) is 52.7. The van der Waals surface area contributed by atoms with Crippen LogP contribution in [0, 0.1) is 87.1 Å². The van der Waals surface area contributed by atoms with Gasteiger partial charge in [-0.05, 0) is 357 Å². The second-order valence-corrected chi connectivity index (χ2v) is 44.2. The summed E-state index contributed by atoms with van der Waals surface area (Å²) in [6.07, 6.45) is 26.5. The molecular formula is C123H200ClF2N5O4. The lowest BCUT2D eigenvalue weighted by molar-refractivity contribution is 0.0327. The molecule has 135 heavy (non-hydrogen) atoms. The summed E-state index contributed by atoms with van der Waals surface area (Å²) in [5.41, 5.74) is 8.27. The summed E-state index contributed by atoms with van der Waals surface area (Å²) < 4.78 is 43.3. The molecule has 8 aromatic rings. The number of rotatable bonds is 22. The summed E-state index contributed by atoms with van der Waals surface area (Å²) in [7, 11) is 0. The lowest BCUT2D eigenvalue weighted by Gasteiger charge is -2.34. The minimum Gasteiger partial charge on any atom is -0.491 e. The number of hydrogen-bond donors (Lipinski definition) is 1. The van der Waals surface area contributed by atoms with Crippen LogP contribution < -0.4 is 4.74 Å². The molecular weight excluding hydrogens is 1680 g/mol. The van der Waals surface area contributed by atoms with Crippen LogP contribution >= 0.6 is 11.6 Å². The topological polar surface area (TPSA) is 96.0 Å². The molecule has 0 amide bonds. The van der Waals surface area contributed by atoms with E-state index < -0.39 is 17.2 Å². The van der Waals surface area contributed by atoms with Gasteiger partial charge in [0, 0.05) is 73.5 Å². The first-order valence-electron chi connectivity index (χ1n) is 52.3. The Morgan fingerprint density at radius 2 is 0.926 bits per heavy atom. The number of nitrogens with zero attached hydrogens (tertiary/aromatic N) is 5. The maximum atomic E-state index is 12.6. The Morgan fingerprint density at radius 1 is 0.467 bits per heavy atom. The molecule has 2 aromatic heterocycles. The maximum absolute atomic E-state index is 12.6. The van der Waals surface area contributed by atoms with Crippen LogP contribution in [0.4, 0.5) is 8.78 Å². The molecule has 9 nitrogen and oxygen atoms in total. The molecule has 2 unspecified atom stereocenters. The largest absolute Gasteiger partial charge is 0.491 e. The molecule has 12 heteroatoms. The van der Waals surface area contributed by atoms with E-state index >= 15 is 0 Å². The SMILES string of the molecule is CC(C)C(C)(C)O.CC(C)C1CC1.CC(C)CC#N.CC(C)Cc1ccccc1.CC(C)N1CC2CCCC2C1.CC(C)N1CCC2(CC1)CC2.CC(C)OCC1CC1.CC(C)OCc1ccccc1.CC(C)Oc1ccccc1.CC(C)c1ccc(F)c(F)c1.CC(C)c1cccc(Cl)c1.CC(C)c1ccccc1.CC(C)c1ccccn1.CC(C)n1cccc1.CCC(C)(C)C(C)C. The highest BCUT2D eigenvalue weighted by Crippen LogP contribution is 2.54. The van der Waals surface area contributed by atoms with Gasteiger partial charge in [-0.1, -0.05) is 303 Å². The number of fused-ring (bicyclic) bond motifs is 1. The van der Waals surface area contributed by atoms with Crippen LogP contribution in [0.25, 0.3) is 0 Å². The van der Waals surface area contributed by atoms with Crippen LogP contribution in [0.3, 0.4) is 0 Å². The summed E-state index contributed by atoms with van der Waals surface area (Å²) in [6.45, 7) is 82.2. The molecule has 0 bridgehead atoms. The van der Waals surface area contributed by atoms with Crippen molar-refractivity contribution < 1.29 is 28.1 Å². The minimum absolute atomic E-state index is 0.241. The lowest BCUT2D eigenvalue weighted by Crippen LogP contribution is -2.38. The van der Waals surface area contributed by atoms with Crippen LogP contribution in [0.15, 0.2) is 213 Å². The van der Waals surface area contributed by atoms with Crippen molar-refractivity contribution in [1.29, 1.82) is 5.26 Å². The van der Waals surface area contributed by atoms with E-state index in [9.17, 15) is 8.78 Å². The standard InChI is InChI=1S/2C10H19N.C10H14O.C10H14.C9H11Cl.C9H10F2.C9H12O.C9H12.C8H11N.C8H18.C7H11N.C7H14O.C6H14O.C6H12.C5H9N/c1-9(2)11-7-5-10(3-4-10)6-8-11;1-8(2)11-6-9-4-3-5-10(9)7-11;1-9(2)11-8-10-6-4-3-5-7-10;1-9(2)8-10-6-4-3-5-7-10;1-7(2)8-4-3-5-9(10)6-8;1-6(2)7-3-4-8(10)9(11)5-7;1-8(2)10-9-6-4-3-5-7-9;1-8(2)9-6-4-3-5-7-9;1-7(2)8-5-3-4-6-9-8;1-6-8(4,5)7(2)3;1-7(2)8-5-3-4-6-8;1-6(2)8-5-7-3-4-7;1-5(2)6(3,4)7;1-5(2)6-3-4-6;1-5(2)3-4-6/h9H,3-8H2,1-2H3;8-10H,3-7H2,1-2H3;3-7,9H,8H2,1-2H3;3-7,9H,8H2,1-2H3;3-7H,1-2H3;3-6H,1-2H3;3-8H,1-2H3;3-8H,1-2H3;3-7H,1-2H3;7H,6H2,1-5H3;3-7H,1-2H3;6-7H,3-5H2,1-2H3;5,7H,1-4H3;5-6H,3-4H2,1-2H3;5H,3H2,1-2H3. The second kappa shape index (κ2) is 72.3. The number of aliphatic hydroxyl groups is 1. The van der Waals surface area contributed by atoms with Crippen molar-refractivity contribution in [2.24, 2.45) is 64.1 Å². The highest BCUT2D eigenvalue weighted by Gasteiger charge is 2.44. The van der Waals surface area contributed by atoms with Gasteiger partial charge in [0.15, 0.2) is 11.6 Å². The van der Waals surface area contributed by atoms with Crippen LogP contribution in [0.1, 0.15) is 389 Å². The fourth-order valence-corrected chi connectivity index (χ4v) is 13.7. The smallest absolute Gasteiger partial charge is 0.159 e. The molecule has 1 N–H and O–H groups in total. The zero-order chi connectivity index (χ0) is 102. The van der Waals surface area contributed by atoms with Crippen molar-refractivity contribution in [3.63, 3.8) is 0 Å². The number of benzene rings is 6.